The third kappa shape index (κ3) is 5.80. The Morgan fingerprint density at radius 1 is 1.09 bits per heavy atom. The van der Waals surface area contributed by atoms with Gasteiger partial charge in [-0.3, -0.25) is 4.90 Å². The number of hydrogen-bond donors (Lipinski definition) is 0. The van der Waals surface area contributed by atoms with Gasteiger partial charge >= 0.3 is 6.18 Å². The third-order valence-electron chi connectivity index (χ3n) is 9.02. The average molecular weight is 631 g/mol. The van der Waals surface area contributed by atoms with Crippen molar-refractivity contribution in [1.29, 1.82) is 0 Å². The molecule has 2 aromatic heterocycles. The molecule has 0 radical (unpaired) electrons. The van der Waals surface area contributed by atoms with Crippen LogP contribution in [-0.4, -0.2) is 68.2 Å². The number of fused-ring (bicyclic) bond motifs is 1. The Morgan fingerprint density at radius 3 is 2.47 bits per heavy atom. The van der Waals surface area contributed by atoms with Crippen molar-refractivity contribution in [2.75, 3.05) is 24.6 Å². The van der Waals surface area contributed by atoms with Crippen LogP contribution in [0.1, 0.15) is 62.5 Å². The molecule has 2 saturated heterocycles. The highest BCUT2D eigenvalue weighted by Crippen LogP contribution is 2.51. The fourth-order valence-corrected chi connectivity index (χ4v) is 7.09. The number of ether oxygens (including phenoxy) is 1. The van der Waals surface area contributed by atoms with Crippen molar-refractivity contribution >= 4 is 28.6 Å². The maximum absolute atomic E-state index is 14.7. The quantitative estimate of drug-likeness (QED) is 0.220. The van der Waals surface area contributed by atoms with Crippen LogP contribution in [0.3, 0.4) is 0 Å². The van der Waals surface area contributed by atoms with E-state index in [-0.39, 0.29) is 29.0 Å². The third-order valence-corrected chi connectivity index (χ3v) is 9.19. The molecule has 4 atom stereocenters. The second kappa shape index (κ2) is 11.1. The lowest BCUT2D eigenvalue weighted by Gasteiger charge is -2.52. The summed E-state index contributed by atoms with van der Waals surface area (Å²) in [6.07, 6.45) is -3.68. The van der Waals surface area contributed by atoms with Crippen LogP contribution in [0, 0.1) is 18.7 Å². The van der Waals surface area contributed by atoms with Gasteiger partial charge in [-0.1, -0.05) is 6.07 Å². The highest BCUT2D eigenvalue weighted by atomic mass is 35.5. The van der Waals surface area contributed by atoms with E-state index < -0.39 is 48.3 Å². The highest BCUT2D eigenvalue weighted by molar-refractivity contribution is 6.28. The van der Waals surface area contributed by atoms with E-state index in [0.29, 0.717) is 42.7 Å². The molecule has 0 N–H and O–H groups in total. The van der Waals surface area contributed by atoms with Gasteiger partial charge in [-0.15, -0.1) is 0 Å². The van der Waals surface area contributed by atoms with Gasteiger partial charge < -0.3 is 14.2 Å². The molecule has 7 nitrogen and oxygen atoms in total. The standard InChI is InChI=1S/C29H33ClF6N6O/c1-15-13-41(25-23-26(39-27(30)38-25)42(17(3)37-23)14-20-5-4-8-43-20)16(2)12-40(15)24(19-10-28(32,33)11-19)18-6-7-21(22(31)9-18)29(34,35)36/h6-7,9,15-16,19-20,24H,4-5,8,10-14H2,1-3H3/t15-,16+,20+,24?/m1/s1. The lowest BCUT2D eigenvalue weighted by molar-refractivity contribution is -0.140. The molecule has 3 fully saturated rings. The first kappa shape index (κ1) is 30.4. The molecule has 2 aliphatic heterocycles. The van der Waals surface area contributed by atoms with E-state index >= 15 is 0 Å². The van der Waals surface area contributed by atoms with Crippen LogP contribution in [0.5, 0.6) is 0 Å². The molecule has 1 saturated carbocycles. The first-order valence-electron chi connectivity index (χ1n) is 14.5. The van der Waals surface area contributed by atoms with Crippen molar-refractivity contribution < 1.29 is 31.1 Å². The maximum Gasteiger partial charge on any atom is 0.419 e. The molecule has 1 unspecified atom stereocenters. The molecule has 1 aliphatic carbocycles. The minimum absolute atomic E-state index is 0.0571. The van der Waals surface area contributed by atoms with Gasteiger partial charge in [0.1, 0.15) is 11.6 Å². The van der Waals surface area contributed by atoms with E-state index in [4.69, 9.17) is 21.3 Å². The second-order valence-corrected chi connectivity index (χ2v) is 12.5. The summed E-state index contributed by atoms with van der Waals surface area (Å²) in [6, 6.07) is 1.63. The fourth-order valence-electron chi connectivity index (χ4n) is 6.93. The van der Waals surface area contributed by atoms with Crippen molar-refractivity contribution in [3.05, 3.63) is 46.3 Å². The Kier molecular flexibility index (Phi) is 7.82. The SMILES string of the molecule is Cc1nc2c(N3C[C@@H](C)N(C(c4ccc(C(F)(F)F)c(F)c4)C4CC(F)(F)C4)C[C@@H]3C)nc(Cl)nc2n1C[C@@H]1CCCO1. The topological polar surface area (TPSA) is 59.3 Å². The zero-order chi connectivity index (χ0) is 30.8. The molecule has 234 valence electrons. The number of halogens is 7. The summed E-state index contributed by atoms with van der Waals surface area (Å²) in [7, 11) is 0. The van der Waals surface area contributed by atoms with Gasteiger partial charge in [-0.25, -0.2) is 18.2 Å². The van der Waals surface area contributed by atoms with Gasteiger partial charge in [0.05, 0.1) is 18.2 Å². The van der Waals surface area contributed by atoms with E-state index in [2.05, 4.69) is 14.9 Å². The summed E-state index contributed by atoms with van der Waals surface area (Å²) >= 11 is 6.42. The van der Waals surface area contributed by atoms with Gasteiger partial charge in [-0.05, 0) is 68.8 Å². The molecule has 0 spiro atoms. The molecule has 14 heteroatoms. The van der Waals surface area contributed by atoms with Crippen LogP contribution in [0.4, 0.5) is 32.2 Å². The van der Waals surface area contributed by atoms with Crippen LogP contribution < -0.4 is 4.90 Å². The summed E-state index contributed by atoms with van der Waals surface area (Å²) in [5.74, 6) is -3.50. The average Bonchev–Trinajstić information content (AvgIpc) is 3.52. The summed E-state index contributed by atoms with van der Waals surface area (Å²) < 4.78 is 90.4. The number of imidazole rings is 1. The van der Waals surface area contributed by atoms with Gasteiger partial charge in [0, 0.05) is 50.7 Å². The van der Waals surface area contributed by atoms with Crippen LogP contribution in [0.2, 0.25) is 5.28 Å². The summed E-state index contributed by atoms with van der Waals surface area (Å²) in [5.41, 5.74) is 0.0704. The molecule has 43 heavy (non-hydrogen) atoms. The molecule has 3 aromatic rings. The predicted octanol–water partition coefficient (Wildman–Crippen LogP) is 6.81. The molecule has 1 aromatic carbocycles. The number of piperazine rings is 1. The minimum Gasteiger partial charge on any atom is -0.376 e. The largest absolute Gasteiger partial charge is 0.419 e. The van der Waals surface area contributed by atoms with Crippen LogP contribution in [0.15, 0.2) is 18.2 Å². The molecular weight excluding hydrogens is 598 g/mol. The number of rotatable bonds is 6. The zero-order valence-electron chi connectivity index (χ0n) is 24.0. The van der Waals surface area contributed by atoms with Gasteiger partial charge in [0.15, 0.2) is 17.0 Å². The Morgan fingerprint density at radius 2 is 1.84 bits per heavy atom. The molecule has 0 bridgehead atoms. The first-order chi connectivity index (χ1) is 20.2. The number of benzene rings is 1. The summed E-state index contributed by atoms with van der Waals surface area (Å²) in [6.45, 7) is 7.85. The van der Waals surface area contributed by atoms with Crippen LogP contribution in [0.25, 0.3) is 11.2 Å². The highest BCUT2D eigenvalue weighted by Gasteiger charge is 2.52. The van der Waals surface area contributed by atoms with Gasteiger partial charge in [-0.2, -0.15) is 23.1 Å². The van der Waals surface area contributed by atoms with Crippen LogP contribution >= 0.6 is 11.6 Å². The normalized spacial score (nSPS) is 25.8. The molecular formula is C29H33ClF6N6O. The van der Waals surface area contributed by atoms with Crippen molar-refractivity contribution in [3.63, 3.8) is 0 Å². The summed E-state index contributed by atoms with van der Waals surface area (Å²) in [5, 5.41) is 0.0630. The van der Waals surface area contributed by atoms with E-state index in [1.54, 1.807) is 0 Å². The van der Waals surface area contributed by atoms with E-state index in [0.717, 1.165) is 31.3 Å². The lowest BCUT2D eigenvalue weighted by atomic mass is 9.73. The van der Waals surface area contributed by atoms with Gasteiger partial charge in [0.2, 0.25) is 11.2 Å². The fraction of sp³-hybridized carbons (Fsp3) is 0.621. The molecule has 4 heterocycles. The van der Waals surface area contributed by atoms with Gasteiger partial charge in [0.25, 0.3) is 0 Å². The minimum atomic E-state index is -4.85. The van der Waals surface area contributed by atoms with Crippen molar-refractivity contribution in [1.82, 2.24) is 24.4 Å². The Hall–Kier alpha value is -2.64. The first-order valence-corrected chi connectivity index (χ1v) is 14.9. The van der Waals surface area contributed by atoms with Crippen molar-refractivity contribution in [2.45, 2.75) is 89.3 Å². The van der Waals surface area contributed by atoms with E-state index in [1.807, 2.05) is 30.2 Å². The number of aromatic nitrogens is 4. The number of aryl methyl sites for hydroxylation is 1. The predicted molar refractivity (Wildman–Crippen MR) is 149 cm³/mol. The van der Waals surface area contributed by atoms with Crippen molar-refractivity contribution in [3.8, 4) is 0 Å². The van der Waals surface area contributed by atoms with Crippen LogP contribution in [-0.2, 0) is 17.5 Å². The molecule has 6 rings (SSSR count). The summed E-state index contributed by atoms with van der Waals surface area (Å²) in [4.78, 5) is 17.9. The maximum atomic E-state index is 14.7. The Labute approximate surface area is 250 Å². The molecule has 0 amide bonds. The Bertz CT molecular complexity index is 1500. The monoisotopic (exact) mass is 630 g/mol. The second-order valence-electron chi connectivity index (χ2n) is 12.1. The lowest BCUT2D eigenvalue weighted by Crippen LogP contribution is -2.59. The zero-order valence-corrected chi connectivity index (χ0v) is 24.8. The number of anilines is 1. The molecule has 3 aliphatic rings. The smallest absolute Gasteiger partial charge is 0.376 e. The number of hydrogen-bond acceptors (Lipinski definition) is 6. The van der Waals surface area contributed by atoms with Crippen molar-refractivity contribution in [2.24, 2.45) is 5.92 Å². The van der Waals surface area contributed by atoms with E-state index in [9.17, 15) is 26.3 Å². The van der Waals surface area contributed by atoms with E-state index in [1.165, 1.54) is 6.07 Å². The number of nitrogens with zero attached hydrogens (tertiary/aromatic N) is 6. The number of alkyl halides is 5. The Balaban J connectivity index is 1.31.